The van der Waals surface area contributed by atoms with E-state index in [0.29, 0.717) is 17.0 Å². The zero-order valence-corrected chi connectivity index (χ0v) is 11.8. The fourth-order valence-corrected chi connectivity index (χ4v) is 2.20. The number of hydrogen-bond donors (Lipinski definition) is 2. The number of methoxy groups -OCH3 is 1. The van der Waals surface area contributed by atoms with Gasteiger partial charge in [-0.15, -0.1) is 0 Å². The molecule has 0 aliphatic heterocycles. The highest BCUT2D eigenvalue weighted by Gasteiger charge is 2.15. The predicted molar refractivity (Wildman–Crippen MR) is 78.2 cm³/mol. The molecule has 5 heteroatoms. The number of ether oxygens (including phenoxy) is 1. The second-order valence-electron chi connectivity index (χ2n) is 4.44. The Morgan fingerprint density at radius 2 is 1.95 bits per heavy atom. The van der Waals surface area contributed by atoms with Crippen molar-refractivity contribution in [2.24, 2.45) is 5.84 Å². The van der Waals surface area contributed by atoms with Gasteiger partial charge in [-0.25, -0.2) is 4.39 Å². The quantitative estimate of drug-likeness (QED) is 0.657. The molecule has 1 atom stereocenters. The topological polar surface area (TPSA) is 47.3 Å². The molecule has 3 N–H and O–H groups in total. The molecule has 3 nitrogen and oxygen atoms in total. The monoisotopic (exact) mass is 294 g/mol. The van der Waals surface area contributed by atoms with Gasteiger partial charge in [-0.2, -0.15) is 0 Å². The molecule has 1 unspecified atom stereocenters. The Morgan fingerprint density at radius 3 is 2.50 bits per heavy atom. The number of hydrogen-bond acceptors (Lipinski definition) is 3. The number of halogens is 2. The third-order valence-electron chi connectivity index (χ3n) is 3.14. The average Bonchev–Trinajstić information content (AvgIpc) is 2.46. The van der Waals surface area contributed by atoms with Crippen LogP contribution in [0.2, 0.25) is 5.02 Å². The van der Waals surface area contributed by atoms with Crippen LogP contribution in [0.5, 0.6) is 5.75 Å². The van der Waals surface area contributed by atoms with Crippen LogP contribution in [0.15, 0.2) is 42.5 Å². The third kappa shape index (κ3) is 3.48. The fraction of sp³-hybridized carbons (Fsp3) is 0.200. The molecule has 0 heterocycles. The number of nitrogens with two attached hydrogens (primary N) is 1. The number of rotatable bonds is 5. The van der Waals surface area contributed by atoms with Gasteiger partial charge in [0.05, 0.1) is 13.2 Å². The minimum absolute atomic E-state index is 0.319. The molecule has 2 rings (SSSR count). The van der Waals surface area contributed by atoms with Crippen LogP contribution in [0.1, 0.15) is 17.2 Å². The van der Waals surface area contributed by atoms with Crippen molar-refractivity contribution in [3.8, 4) is 5.75 Å². The van der Waals surface area contributed by atoms with Gasteiger partial charge in [0, 0.05) is 10.6 Å². The van der Waals surface area contributed by atoms with E-state index >= 15 is 0 Å². The van der Waals surface area contributed by atoms with Gasteiger partial charge >= 0.3 is 0 Å². The van der Waals surface area contributed by atoms with Crippen LogP contribution in [-0.2, 0) is 6.42 Å². The van der Waals surface area contributed by atoms with Gasteiger partial charge in [0.25, 0.3) is 0 Å². The van der Waals surface area contributed by atoms with E-state index in [-0.39, 0.29) is 11.9 Å². The van der Waals surface area contributed by atoms with Gasteiger partial charge in [0.1, 0.15) is 11.6 Å². The lowest BCUT2D eigenvalue weighted by Crippen LogP contribution is -2.30. The Balaban J connectivity index is 2.19. The minimum atomic E-state index is -0.367. The number of nitrogens with one attached hydrogen (secondary N) is 1. The molecule has 0 aromatic heterocycles. The highest BCUT2D eigenvalue weighted by Crippen LogP contribution is 2.24. The average molecular weight is 295 g/mol. The minimum Gasteiger partial charge on any atom is -0.497 e. The summed E-state index contributed by atoms with van der Waals surface area (Å²) in [6, 6.07) is 11.8. The molecule has 0 saturated carbocycles. The molecule has 0 fully saturated rings. The second-order valence-corrected chi connectivity index (χ2v) is 4.87. The van der Waals surface area contributed by atoms with Crippen molar-refractivity contribution in [1.29, 1.82) is 0 Å². The second kappa shape index (κ2) is 6.70. The summed E-state index contributed by atoms with van der Waals surface area (Å²) in [7, 11) is 1.61. The summed E-state index contributed by atoms with van der Waals surface area (Å²) in [5, 5.41) is 0.367. The van der Waals surface area contributed by atoms with E-state index in [9.17, 15) is 4.39 Å². The van der Waals surface area contributed by atoms with Crippen molar-refractivity contribution in [3.05, 3.63) is 64.4 Å². The Bertz CT molecular complexity index is 575. The summed E-state index contributed by atoms with van der Waals surface area (Å²) in [5.41, 5.74) is 4.17. The number of benzene rings is 2. The van der Waals surface area contributed by atoms with E-state index in [0.717, 1.165) is 11.3 Å². The standard InChI is InChI=1S/C15H16ClFN2O/c1-20-12-5-2-10(3-6-12)8-15(19-18)13-7-4-11(16)9-14(13)17/h2-7,9,15,19H,8,18H2,1H3. The molecule has 0 amide bonds. The van der Waals surface area contributed by atoms with E-state index in [2.05, 4.69) is 5.43 Å². The summed E-state index contributed by atoms with van der Waals surface area (Å²) in [4.78, 5) is 0. The van der Waals surface area contributed by atoms with Crippen molar-refractivity contribution < 1.29 is 9.13 Å². The summed E-state index contributed by atoms with van der Waals surface area (Å²) in [6.07, 6.45) is 0.568. The maximum absolute atomic E-state index is 13.9. The molecule has 20 heavy (non-hydrogen) atoms. The lowest BCUT2D eigenvalue weighted by Gasteiger charge is -2.17. The molecular weight excluding hydrogens is 279 g/mol. The van der Waals surface area contributed by atoms with Crippen LogP contribution in [0.3, 0.4) is 0 Å². The summed E-state index contributed by atoms with van der Waals surface area (Å²) < 4.78 is 19.0. The molecule has 0 aliphatic carbocycles. The van der Waals surface area contributed by atoms with Crippen molar-refractivity contribution >= 4 is 11.6 Å². The van der Waals surface area contributed by atoms with Gasteiger partial charge in [0.15, 0.2) is 0 Å². The van der Waals surface area contributed by atoms with Crippen LogP contribution in [0.4, 0.5) is 4.39 Å². The Hall–Kier alpha value is -1.62. The molecule has 0 spiro atoms. The van der Waals surface area contributed by atoms with Crippen molar-refractivity contribution in [2.75, 3.05) is 7.11 Å². The van der Waals surface area contributed by atoms with Crippen LogP contribution >= 0.6 is 11.6 Å². The number of hydrazine groups is 1. The SMILES string of the molecule is COc1ccc(CC(NN)c2ccc(Cl)cc2F)cc1. The van der Waals surface area contributed by atoms with Crippen LogP contribution < -0.4 is 16.0 Å². The highest BCUT2D eigenvalue weighted by molar-refractivity contribution is 6.30. The zero-order valence-electron chi connectivity index (χ0n) is 11.1. The van der Waals surface area contributed by atoms with Gasteiger partial charge < -0.3 is 4.74 Å². The lowest BCUT2D eigenvalue weighted by molar-refractivity contribution is 0.414. The molecule has 0 bridgehead atoms. The normalized spacial score (nSPS) is 12.2. The van der Waals surface area contributed by atoms with Crippen molar-refractivity contribution in [1.82, 2.24) is 5.43 Å². The maximum atomic E-state index is 13.9. The fourth-order valence-electron chi connectivity index (χ4n) is 2.04. The summed E-state index contributed by atoms with van der Waals surface area (Å²) in [6.45, 7) is 0. The first-order chi connectivity index (χ1) is 9.63. The maximum Gasteiger partial charge on any atom is 0.129 e. The highest BCUT2D eigenvalue weighted by atomic mass is 35.5. The van der Waals surface area contributed by atoms with Crippen molar-refractivity contribution in [2.45, 2.75) is 12.5 Å². The van der Waals surface area contributed by atoms with Crippen LogP contribution in [-0.4, -0.2) is 7.11 Å². The van der Waals surface area contributed by atoms with Crippen LogP contribution in [0.25, 0.3) is 0 Å². The Kier molecular flexibility index (Phi) is 4.95. The first-order valence-electron chi connectivity index (χ1n) is 6.18. The lowest BCUT2D eigenvalue weighted by atomic mass is 9.99. The van der Waals surface area contributed by atoms with E-state index in [1.807, 2.05) is 24.3 Å². The zero-order chi connectivity index (χ0) is 14.5. The molecule has 106 valence electrons. The molecule has 2 aromatic carbocycles. The van der Waals surface area contributed by atoms with Gasteiger partial charge in [-0.1, -0.05) is 29.8 Å². The smallest absolute Gasteiger partial charge is 0.129 e. The van der Waals surface area contributed by atoms with E-state index in [1.54, 1.807) is 19.2 Å². The van der Waals surface area contributed by atoms with E-state index in [4.69, 9.17) is 22.2 Å². The van der Waals surface area contributed by atoms with Gasteiger partial charge in [-0.3, -0.25) is 11.3 Å². The first-order valence-corrected chi connectivity index (χ1v) is 6.56. The van der Waals surface area contributed by atoms with Crippen molar-refractivity contribution in [3.63, 3.8) is 0 Å². The molecule has 0 radical (unpaired) electrons. The molecular formula is C15H16ClFN2O. The van der Waals surface area contributed by atoms with Crippen LogP contribution in [0, 0.1) is 5.82 Å². The third-order valence-corrected chi connectivity index (χ3v) is 3.37. The van der Waals surface area contributed by atoms with Gasteiger partial charge in [-0.05, 0) is 36.2 Å². The largest absolute Gasteiger partial charge is 0.497 e. The Labute approximate surface area is 122 Å². The predicted octanol–water partition coefficient (Wildman–Crippen LogP) is 3.23. The first kappa shape index (κ1) is 14.8. The molecule has 0 saturated heterocycles. The van der Waals surface area contributed by atoms with E-state index in [1.165, 1.54) is 6.07 Å². The molecule has 2 aromatic rings. The molecule has 0 aliphatic rings. The Morgan fingerprint density at radius 1 is 1.25 bits per heavy atom. The van der Waals surface area contributed by atoms with Gasteiger partial charge in [0.2, 0.25) is 0 Å². The van der Waals surface area contributed by atoms with E-state index < -0.39 is 0 Å². The summed E-state index contributed by atoms with van der Waals surface area (Å²) >= 11 is 5.75. The summed E-state index contributed by atoms with van der Waals surface area (Å²) in [5.74, 6) is 5.96.